The SMILES string of the molecule is CC(=O)OI(c1ccccc1)N1C(=O)C(=O)c2ccccc21. The third-order valence-corrected chi connectivity index (χ3v) is 7.64. The number of hydrogen-bond acceptors (Lipinski definition) is 4. The van der Waals surface area contributed by atoms with Crippen molar-refractivity contribution in [1.29, 1.82) is 0 Å². The van der Waals surface area contributed by atoms with Crippen molar-refractivity contribution >= 4 is 43.9 Å². The quantitative estimate of drug-likeness (QED) is 0.444. The Morgan fingerprint density at radius 1 is 1.00 bits per heavy atom. The average molecular weight is 409 g/mol. The second kappa shape index (κ2) is 5.88. The monoisotopic (exact) mass is 409 g/mol. The van der Waals surface area contributed by atoms with Crippen LogP contribution in [0.15, 0.2) is 54.6 Å². The van der Waals surface area contributed by atoms with Crippen LogP contribution in [0.3, 0.4) is 0 Å². The fourth-order valence-electron chi connectivity index (χ4n) is 2.11. The number of anilines is 1. The summed E-state index contributed by atoms with van der Waals surface area (Å²) in [5.74, 6) is -1.64. The normalized spacial score (nSPS) is 13.9. The number of halogens is 1. The van der Waals surface area contributed by atoms with Gasteiger partial charge in [-0.25, -0.2) is 0 Å². The molecule has 0 fully saturated rings. The number of carbonyl (C=O) groups excluding carboxylic acids is 3. The number of Topliss-reactive ketones (excluding diaryl/α,β-unsaturated/α-hetero) is 1. The van der Waals surface area contributed by atoms with Gasteiger partial charge in [-0.2, -0.15) is 0 Å². The predicted molar refractivity (Wildman–Crippen MR) is 89.2 cm³/mol. The molecule has 22 heavy (non-hydrogen) atoms. The molecule has 0 atom stereocenters. The molecule has 5 nitrogen and oxygen atoms in total. The Morgan fingerprint density at radius 3 is 2.32 bits per heavy atom. The molecule has 0 radical (unpaired) electrons. The number of ketones is 1. The van der Waals surface area contributed by atoms with Gasteiger partial charge in [-0.15, -0.1) is 0 Å². The van der Waals surface area contributed by atoms with E-state index in [1.165, 1.54) is 10.0 Å². The van der Waals surface area contributed by atoms with Crippen LogP contribution < -0.4 is 3.11 Å². The zero-order chi connectivity index (χ0) is 15.7. The van der Waals surface area contributed by atoms with Crippen molar-refractivity contribution in [2.24, 2.45) is 0 Å². The first-order valence-corrected chi connectivity index (χ1v) is 9.44. The first-order chi connectivity index (χ1) is 10.6. The predicted octanol–water partition coefficient (Wildman–Crippen LogP) is 2.99. The number of benzene rings is 2. The van der Waals surface area contributed by atoms with Crippen molar-refractivity contribution in [3.8, 4) is 0 Å². The molecule has 0 aliphatic carbocycles. The Hall–Kier alpha value is -2.22. The average Bonchev–Trinajstić information content (AvgIpc) is 2.78. The zero-order valence-corrected chi connectivity index (χ0v) is 13.8. The van der Waals surface area contributed by atoms with E-state index in [0.717, 1.165) is 3.57 Å². The Labute approximate surface area is 135 Å². The summed E-state index contributed by atoms with van der Waals surface area (Å²) in [6.07, 6.45) is 0. The van der Waals surface area contributed by atoms with Gasteiger partial charge in [-0.1, -0.05) is 0 Å². The first-order valence-electron chi connectivity index (χ1n) is 6.51. The fraction of sp³-hybridized carbons (Fsp3) is 0.0625. The third-order valence-electron chi connectivity index (χ3n) is 2.99. The number of amides is 1. The van der Waals surface area contributed by atoms with E-state index in [1.807, 2.05) is 30.3 Å². The van der Waals surface area contributed by atoms with Gasteiger partial charge in [-0.3, -0.25) is 0 Å². The van der Waals surface area contributed by atoms with Gasteiger partial charge in [0.05, 0.1) is 0 Å². The van der Waals surface area contributed by atoms with Gasteiger partial charge in [0.15, 0.2) is 0 Å². The number of nitrogens with zero attached hydrogens (tertiary/aromatic N) is 1. The van der Waals surface area contributed by atoms with Gasteiger partial charge in [0.25, 0.3) is 0 Å². The van der Waals surface area contributed by atoms with Crippen LogP contribution in [-0.2, 0) is 12.7 Å². The van der Waals surface area contributed by atoms with Gasteiger partial charge in [-0.05, 0) is 0 Å². The summed E-state index contributed by atoms with van der Waals surface area (Å²) in [7, 11) is 0. The summed E-state index contributed by atoms with van der Waals surface area (Å²) in [4.78, 5) is 36.0. The molecule has 0 bridgehead atoms. The molecular formula is C16H12INO4. The molecule has 0 spiro atoms. The molecule has 0 unspecified atom stereocenters. The second-order valence-electron chi connectivity index (χ2n) is 4.53. The molecule has 0 N–H and O–H groups in total. The minimum atomic E-state index is -2.84. The molecule has 0 saturated carbocycles. The number of fused-ring (bicyclic) bond motifs is 1. The van der Waals surface area contributed by atoms with E-state index in [-0.39, 0.29) is 0 Å². The fourth-order valence-corrected chi connectivity index (χ4v) is 6.24. The van der Waals surface area contributed by atoms with E-state index >= 15 is 0 Å². The molecule has 0 aromatic heterocycles. The molecule has 112 valence electrons. The van der Waals surface area contributed by atoms with Crippen LogP contribution in [0.5, 0.6) is 0 Å². The molecule has 1 aliphatic heterocycles. The van der Waals surface area contributed by atoms with Gasteiger partial charge in [0, 0.05) is 0 Å². The Kier molecular flexibility index (Phi) is 3.93. The van der Waals surface area contributed by atoms with Crippen molar-refractivity contribution in [3.63, 3.8) is 0 Å². The second-order valence-corrected chi connectivity index (χ2v) is 8.49. The molecule has 1 heterocycles. The van der Waals surface area contributed by atoms with Crippen LogP contribution in [0.25, 0.3) is 0 Å². The van der Waals surface area contributed by atoms with E-state index in [4.69, 9.17) is 3.07 Å². The summed E-state index contributed by atoms with van der Waals surface area (Å²) in [6.45, 7) is 1.31. The Bertz CT molecular complexity index is 760. The molecular weight excluding hydrogens is 397 g/mol. The zero-order valence-electron chi connectivity index (χ0n) is 11.7. The summed E-state index contributed by atoms with van der Waals surface area (Å²) in [5, 5.41) is 0. The Morgan fingerprint density at radius 2 is 1.64 bits per heavy atom. The van der Waals surface area contributed by atoms with Crippen molar-refractivity contribution in [2.45, 2.75) is 6.92 Å². The van der Waals surface area contributed by atoms with Gasteiger partial charge < -0.3 is 0 Å². The van der Waals surface area contributed by atoms with Crippen LogP contribution in [0.1, 0.15) is 17.3 Å². The van der Waals surface area contributed by atoms with Crippen molar-refractivity contribution in [1.82, 2.24) is 0 Å². The number of carbonyl (C=O) groups is 3. The summed E-state index contributed by atoms with van der Waals surface area (Å²) >= 11 is -2.84. The number of hydrogen-bond donors (Lipinski definition) is 0. The summed E-state index contributed by atoms with van der Waals surface area (Å²) in [6, 6.07) is 15.9. The van der Waals surface area contributed by atoms with Crippen LogP contribution in [-0.4, -0.2) is 17.7 Å². The van der Waals surface area contributed by atoms with Crippen LogP contribution in [0.2, 0.25) is 0 Å². The molecule has 0 saturated heterocycles. The van der Waals surface area contributed by atoms with E-state index in [1.54, 1.807) is 24.3 Å². The topological polar surface area (TPSA) is 63.7 Å². The maximum atomic E-state index is 12.4. The van der Waals surface area contributed by atoms with E-state index in [9.17, 15) is 14.4 Å². The van der Waals surface area contributed by atoms with Gasteiger partial charge in [0.1, 0.15) is 0 Å². The maximum absolute atomic E-state index is 12.4. The molecule has 1 aliphatic rings. The van der Waals surface area contributed by atoms with E-state index in [2.05, 4.69) is 0 Å². The van der Waals surface area contributed by atoms with Crippen LogP contribution in [0.4, 0.5) is 5.69 Å². The number of para-hydroxylation sites is 1. The molecule has 6 heteroatoms. The van der Waals surface area contributed by atoms with Gasteiger partial charge >= 0.3 is 135 Å². The van der Waals surface area contributed by atoms with Crippen LogP contribution in [0, 0.1) is 3.57 Å². The molecule has 2 aromatic carbocycles. The third kappa shape index (κ3) is 2.50. The van der Waals surface area contributed by atoms with Gasteiger partial charge in [0.2, 0.25) is 0 Å². The van der Waals surface area contributed by atoms with Crippen LogP contribution >= 0.6 is 20.5 Å². The van der Waals surface area contributed by atoms with Crippen molar-refractivity contribution in [2.75, 3.05) is 3.11 Å². The van der Waals surface area contributed by atoms with Crippen molar-refractivity contribution < 1.29 is 17.4 Å². The standard InChI is InChI=1S/C16H12INO4/c1-11(19)22-17(12-7-3-2-4-8-12)18-14-10-6-5-9-13(14)15(20)16(18)21/h2-10H,1H3. The summed E-state index contributed by atoms with van der Waals surface area (Å²) in [5.41, 5.74) is 0.880. The Balaban J connectivity index is 2.11. The first kappa shape index (κ1) is 14.7. The number of rotatable bonds is 3. The molecule has 3 rings (SSSR count). The minimum absolute atomic E-state index is 0.359. The summed E-state index contributed by atoms with van der Waals surface area (Å²) < 4.78 is 7.63. The van der Waals surface area contributed by atoms with E-state index < -0.39 is 38.2 Å². The molecule has 1 amide bonds. The van der Waals surface area contributed by atoms with Crippen molar-refractivity contribution in [3.05, 3.63) is 63.7 Å². The van der Waals surface area contributed by atoms with E-state index in [0.29, 0.717) is 11.3 Å². The molecule has 2 aromatic rings.